The number of nitrogens with zero attached hydrogens (tertiary/aromatic N) is 1. The van der Waals surface area contributed by atoms with Gasteiger partial charge in [-0.2, -0.15) is 0 Å². The monoisotopic (exact) mass is 267 g/mol. The van der Waals surface area contributed by atoms with Crippen molar-refractivity contribution >= 4 is 5.97 Å². The number of hydrogen-bond donors (Lipinski definition) is 0. The van der Waals surface area contributed by atoms with Gasteiger partial charge in [-0.3, -0.25) is 4.90 Å². The Kier molecular flexibility index (Phi) is 5.19. The summed E-state index contributed by atoms with van der Waals surface area (Å²) in [5, 5.41) is 0. The molecular formula is C16H29NO2. The van der Waals surface area contributed by atoms with Crippen molar-refractivity contribution in [3.63, 3.8) is 0 Å². The number of likely N-dealkylation sites (tertiary alicyclic amines) is 1. The van der Waals surface area contributed by atoms with Gasteiger partial charge in [0.05, 0.1) is 0 Å². The molecule has 0 aromatic carbocycles. The van der Waals surface area contributed by atoms with Crippen molar-refractivity contribution in [2.75, 3.05) is 6.54 Å². The van der Waals surface area contributed by atoms with E-state index in [9.17, 15) is 4.79 Å². The Morgan fingerprint density at radius 2 is 1.79 bits per heavy atom. The van der Waals surface area contributed by atoms with Gasteiger partial charge in [-0.15, -0.1) is 0 Å². The van der Waals surface area contributed by atoms with Crippen LogP contribution in [0, 0.1) is 0 Å². The molecule has 1 heterocycles. The topological polar surface area (TPSA) is 29.5 Å². The normalized spacial score (nSPS) is 23.7. The molecule has 0 saturated carbocycles. The van der Waals surface area contributed by atoms with Crippen LogP contribution in [0.3, 0.4) is 0 Å². The fraction of sp³-hybridized carbons (Fsp3) is 0.812. The minimum Gasteiger partial charge on any atom is -0.459 e. The molecule has 1 aliphatic heterocycles. The first-order valence-electron chi connectivity index (χ1n) is 7.34. The van der Waals surface area contributed by atoms with Crippen LogP contribution in [0.4, 0.5) is 0 Å². The number of hydrogen-bond acceptors (Lipinski definition) is 3. The van der Waals surface area contributed by atoms with Gasteiger partial charge in [-0.1, -0.05) is 13.0 Å². The molecule has 0 N–H and O–H groups in total. The summed E-state index contributed by atoms with van der Waals surface area (Å²) in [5.74, 6) is -0.219. The van der Waals surface area contributed by atoms with Crippen LogP contribution in [0.1, 0.15) is 60.8 Å². The fourth-order valence-electron chi connectivity index (χ4n) is 3.48. The number of ether oxygens (including phenoxy) is 1. The maximum atomic E-state index is 11.6. The van der Waals surface area contributed by atoms with Gasteiger partial charge in [0.2, 0.25) is 0 Å². The van der Waals surface area contributed by atoms with Crippen LogP contribution in [0.2, 0.25) is 0 Å². The van der Waals surface area contributed by atoms with Crippen LogP contribution in [0.25, 0.3) is 0 Å². The van der Waals surface area contributed by atoms with E-state index in [2.05, 4.69) is 39.5 Å². The van der Waals surface area contributed by atoms with E-state index in [0.29, 0.717) is 0 Å². The predicted octanol–water partition coefficient (Wildman–Crippen LogP) is 3.54. The van der Waals surface area contributed by atoms with Crippen LogP contribution in [-0.4, -0.2) is 34.6 Å². The zero-order chi connectivity index (χ0) is 14.7. The zero-order valence-corrected chi connectivity index (χ0v) is 13.3. The lowest BCUT2D eigenvalue weighted by atomic mass is 9.78. The van der Waals surface area contributed by atoms with Crippen LogP contribution < -0.4 is 0 Å². The first-order chi connectivity index (χ1) is 8.73. The van der Waals surface area contributed by atoms with Crippen molar-refractivity contribution in [1.29, 1.82) is 0 Å². The standard InChI is InChI=1S/C16H29NO2/c1-7-9-14(18)19-13-11-15(3,4)17(10-8-2)16(5,6)12-13/h7,9,13H,8,10-12H2,1-6H3. The van der Waals surface area contributed by atoms with Gasteiger partial charge in [0, 0.05) is 30.0 Å². The molecule has 0 spiro atoms. The molecule has 3 nitrogen and oxygen atoms in total. The molecule has 3 heteroatoms. The number of esters is 1. The van der Waals surface area contributed by atoms with Crippen LogP contribution >= 0.6 is 0 Å². The molecule has 0 unspecified atom stereocenters. The lowest BCUT2D eigenvalue weighted by molar-refractivity contribution is -0.154. The van der Waals surface area contributed by atoms with Crippen molar-refractivity contribution in [3.8, 4) is 0 Å². The second kappa shape index (κ2) is 6.08. The molecule has 0 bridgehead atoms. The summed E-state index contributed by atoms with van der Waals surface area (Å²) in [7, 11) is 0. The zero-order valence-electron chi connectivity index (χ0n) is 13.3. The summed E-state index contributed by atoms with van der Waals surface area (Å²) in [5.41, 5.74) is 0.136. The summed E-state index contributed by atoms with van der Waals surface area (Å²) in [6, 6.07) is 0. The van der Waals surface area contributed by atoms with Gasteiger partial charge in [0.25, 0.3) is 0 Å². The summed E-state index contributed by atoms with van der Waals surface area (Å²) < 4.78 is 5.58. The van der Waals surface area contributed by atoms with Gasteiger partial charge in [0.1, 0.15) is 6.10 Å². The highest BCUT2D eigenvalue weighted by Crippen LogP contribution is 2.39. The highest BCUT2D eigenvalue weighted by molar-refractivity contribution is 5.81. The second-order valence-electron chi connectivity index (χ2n) is 6.74. The Labute approximate surface area is 118 Å². The van der Waals surface area contributed by atoms with Gasteiger partial charge in [0.15, 0.2) is 0 Å². The molecular weight excluding hydrogens is 238 g/mol. The summed E-state index contributed by atoms with van der Waals surface area (Å²) in [4.78, 5) is 14.2. The first kappa shape index (κ1) is 16.2. The third-order valence-electron chi connectivity index (χ3n) is 3.95. The lowest BCUT2D eigenvalue weighted by Crippen LogP contribution is -2.62. The van der Waals surface area contributed by atoms with Crippen molar-refractivity contribution in [3.05, 3.63) is 12.2 Å². The minimum absolute atomic E-state index is 0.0156. The van der Waals surface area contributed by atoms with Crippen molar-refractivity contribution in [1.82, 2.24) is 4.90 Å². The molecule has 1 saturated heterocycles. The minimum atomic E-state index is -0.219. The summed E-state index contributed by atoms with van der Waals surface area (Å²) >= 11 is 0. The maximum absolute atomic E-state index is 11.6. The predicted molar refractivity (Wildman–Crippen MR) is 79.1 cm³/mol. The first-order valence-corrected chi connectivity index (χ1v) is 7.34. The third-order valence-corrected chi connectivity index (χ3v) is 3.95. The molecule has 0 atom stereocenters. The van der Waals surface area contributed by atoms with E-state index >= 15 is 0 Å². The van der Waals surface area contributed by atoms with Crippen molar-refractivity contribution < 1.29 is 9.53 Å². The Balaban J connectivity index is 2.80. The number of piperidine rings is 1. The Morgan fingerprint density at radius 1 is 1.26 bits per heavy atom. The van der Waals surface area contributed by atoms with E-state index < -0.39 is 0 Å². The molecule has 0 aromatic rings. The number of carbonyl (C=O) groups is 1. The van der Waals surface area contributed by atoms with Crippen LogP contribution in [0.5, 0.6) is 0 Å². The van der Waals surface area contributed by atoms with Crippen molar-refractivity contribution in [2.24, 2.45) is 0 Å². The molecule has 110 valence electrons. The van der Waals surface area contributed by atoms with Gasteiger partial charge >= 0.3 is 5.97 Å². The summed E-state index contributed by atoms with van der Waals surface area (Å²) in [6.07, 6.45) is 6.19. The highest BCUT2D eigenvalue weighted by atomic mass is 16.5. The molecule has 0 amide bonds. The SMILES string of the molecule is CC=CC(=O)OC1CC(C)(C)N(CCC)C(C)(C)C1. The highest BCUT2D eigenvalue weighted by Gasteiger charge is 2.45. The lowest BCUT2D eigenvalue weighted by Gasteiger charge is -2.55. The van der Waals surface area contributed by atoms with E-state index in [4.69, 9.17) is 4.74 Å². The van der Waals surface area contributed by atoms with Gasteiger partial charge in [-0.05, 0) is 47.6 Å². The van der Waals surface area contributed by atoms with Gasteiger partial charge in [-0.25, -0.2) is 4.79 Å². The molecule has 0 aliphatic carbocycles. The Hall–Kier alpha value is -0.830. The average Bonchev–Trinajstić information content (AvgIpc) is 2.22. The van der Waals surface area contributed by atoms with Crippen LogP contribution in [0.15, 0.2) is 12.2 Å². The van der Waals surface area contributed by atoms with Gasteiger partial charge < -0.3 is 4.74 Å². The van der Waals surface area contributed by atoms with E-state index in [1.165, 1.54) is 6.08 Å². The maximum Gasteiger partial charge on any atom is 0.330 e. The van der Waals surface area contributed by atoms with E-state index in [1.54, 1.807) is 6.08 Å². The molecule has 0 aromatic heterocycles. The fourth-order valence-corrected chi connectivity index (χ4v) is 3.48. The smallest absolute Gasteiger partial charge is 0.330 e. The quantitative estimate of drug-likeness (QED) is 0.576. The molecule has 1 fully saturated rings. The summed E-state index contributed by atoms with van der Waals surface area (Å²) in [6.45, 7) is 14.1. The largest absolute Gasteiger partial charge is 0.459 e. The number of rotatable bonds is 4. The average molecular weight is 267 g/mol. The van der Waals surface area contributed by atoms with Crippen molar-refractivity contribution in [2.45, 2.75) is 78.0 Å². The van der Waals surface area contributed by atoms with E-state index in [0.717, 1.165) is 25.8 Å². The van der Waals surface area contributed by atoms with E-state index in [-0.39, 0.29) is 23.2 Å². The molecule has 0 radical (unpaired) electrons. The van der Waals surface area contributed by atoms with Crippen LogP contribution in [-0.2, 0) is 9.53 Å². The number of allylic oxidation sites excluding steroid dienone is 1. The molecule has 1 aliphatic rings. The number of carbonyl (C=O) groups excluding carboxylic acids is 1. The molecule has 19 heavy (non-hydrogen) atoms. The Morgan fingerprint density at radius 3 is 2.21 bits per heavy atom. The van der Waals surface area contributed by atoms with E-state index in [1.807, 2.05) is 6.92 Å². The second-order valence-corrected chi connectivity index (χ2v) is 6.74. The molecule has 1 rings (SSSR count). The Bertz CT molecular complexity index is 327. The third kappa shape index (κ3) is 4.07.